The molecule has 0 radical (unpaired) electrons. The first-order chi connectivity index (χ1) is 9.83. The van der Waals surface area contributed by atoms with Crippen LogP contribution in [-0.4, -0.2) is 36.5 Å². The molecule has 0 aliphatic heterocycles. The second-order valence-corrected chi connectivity index (χ2v) is 6.11. The van der Waals surface area contributed by atoms with E-state index in [9.17, 15) is 4.79 Å². The molecule has 1 aromatic rings. The minimum atomic E-state index is -0.867. The molecule has 0 bridgehead atoms. The zero-order valence-electron chi connectivity index (χ0n) is 13.9. The van der Waals surface area contributed by atoms with Crippen LogP contribution in [0.25, 0.3) is 0 Å². The van der Waals surface area contributed by atoms with Crippen molar-refractivity contribution in [2.45, 2.75) is 51.7 Å². The van der Waals surface area contributed by atoms with Crippen LogP contribution in [0.2, 0.25) is 0 Å². The number of benzene rings is 1. The number of carbonyl (C=O) groups is 1. The molecular formula is C17H29N3O. The van der Waals surface area contributed by atoms with E-state index in [1.54, 1.807) is 0 Å². The Bertz CT molecular complexity index is 447. The molecule has 21 heavy (non-hydrogen) atoms. The van der Waals surface area contributed by atoms with Gasteiger partial charge in [0.2, 0.25) is 5.91 Å². The summed E-state index contributed by atoms with van der Waals surface area (Å²) < 4.78 is 0. The number of nitrogens with zero attached hydrogens (tertiary/aromatic N) is 1. The standard InChI is InChI=1S/C17H29N3O/c1-6-14(4)20(5)12-17(16(18)21,19-13(2)3)15-10-8-7-9-11-15/h7-11,13-14,19H,6,12H2,1-5H3,(H2,18,21). The van der Waals surface area contributed by atoms with Crippen LogP contribution < -0.4 is 11.1 Å². The van der Waals surface area contributed by atoms with E-state index in [1.165, 1.54) is 0 Å². The largest absolute Gasteiger partial charge is 0.368 e. The van der Waals surface area contributed by atoms with Crippen LogP contribution in [0.15, 0.2) is 30.3 Å². The Morgan fingerprint density at radius 2 is 1.86 bits per heavy atom. The molecule has 2 unspecified atom stereocenters. The summed E-state index contributed by atoms with van der Waals surface area (Å²) in [7, 11) is 2.04. The van der Waals surface area contributed by atoms with Crippen molar-refractivity contribution in [2.75, 3.05) is 13.6 Å². The lowest BCUT2D eigenvalue weighted by Gasteiger charge is -2.39. The van der Waals surface area contributed by atoms with Crippen molar-refractivity contribution in [3.8, 4) is 0 Å². The molecule has 4 nitrogen and oxygen atoms in total. The Labute approximate surface area is 128 Å². The topological polar surface area (TPSA) is 58.4 Å². The Morgan fingerprint density at radius 3 is 2.29 bits per heavy atom. The maximum absolute atomic E-state index is 12.3. The molecule has 118 valence electrons. The molecule has 0 aromatic heterocycles. The molecule has 0 aliphatic rings. The van der Waals surface area contributed by atoms with Crippen molar-refractivity contribution in [3.63, 3.8) is 0 Å². The van der Waals surface area contributed by atoms with Gasteiger partial charge < -0.3 is 10.6 Å². The van der Waals surface area contributed by atoms with Crippen LogP contribution in [-0.2, 0) is 10.3 Å². The minimum absolute atomic E-state index is 0.156. The Hall–Kier alpha value is -1.39. The summed E-state index contributed by atoms with van der Waals surface area (Å²) in [5.41, 5.74) is 5.86. The fraction of sp³-hybridized carbons (Fsp3) is 0.588. The highest BCUT2D eigenvalue weighted by molar-refractivity contribution is 5.86. The molecule has 2 atom stereocenters. The van der Waals surface area contributed by atoms with Crippen molar-refractivity contribution >= 4 is 5.91 Å². The predicted molar refractivity (Wildman–Crippen MR) is 88.0 cm³/mol. The van der Waals surface area contributed by atoms with E-state index >= 15 is 0 Å². The maximum atomic E-state index is 12.3. The van der Waals surface area contributed by atoms with E-state index in [0.29, 0.717) is 12.6 Å². The quantitative estimate of drug-likeness (QED) is 0.771. The summed E-state index contributed by atoms with van der Waals surface area (Å²) in [6, 6.07) is 10.3. The van der Waals surface area contributed by atoms with Crippen molar-refractivity contribution in [3.05, 3.63) is 35.9 Å². The maximum Gasteiger partial charge on any atom is 0.243 e. The number of nitrogens with two attached hydrogens (primary N) is 1. The summed E-state index contributed by atoms with van der Waals surface area (Å²) in [4.78, 5) is 14.5. The molecule has 0 saturated carbocycles. The fourth-order valence-electron chi connectivity index (χ4n) is 2.57. The summed E-state index contributed by atoms with van der Waals surface area (Å²) in [6.45, 7) is 8.92. The molecule has 0 saturated heterocycles. The predicted octanol–water partition coefficient (Wildman–Crippen LogP) is 2.10. The van der Waals surface area contributed by atoms with Gasteiger partial charge in [0, 0.05) is 18.6 Å². The minimum Gasteiger partial charge on any atom is -0.368 e. The highest BCUT2D eigenvalue weighted by atomic mass is 16.1. The highest BCUT2D eigenvalue weighted by Crippen LogP contribution is 2.24. The highest BCUT2D eigenvalue weighted by Gasteiger charge is 2.40. The van der Waals surface area contributed by atoms with Gasteiger partial charge in [-0.1, -0.05) is 37.3 Å². The molecule has 0 spiro atoms. The third kappa shape index (κ3) is 4.29. The smallest absolute Gasteiger partial charge is 0.243 e. The van der Waals surface area contributed by atoms with Gasteiger partial charge in [-0.2, -0.15) is 0 Å². The van der Waals surface area contributed by atoms with Gasteiger partial charge >= 0.3 is 0 Å². The monoisotopic (exact) mass is 291 g/mol. The lowest BCUT2D eigenvalue weighted by molar-refractivity contribution is -0.126. The molecule has 1 amide bonds. The van der Waals surface area contributed by atoms with E-state index in [2.05, 4.69) is 24.1 Å². The van der Waals surface area contributed by atoms with Gasteiger partial charge in [-0.25, -0.2) is 0 Å². The third-order valence-corrected chi connectivity index (χ3v) is 4.05. The van der Waals surface area contributed by atoms with Gasteiger partial charge in [-0.3, -0.25) is 10.1 Å². The number of primary amides is 1. The molecule has 1 rings (SSSR count). The van der Waals surface area contributed by atoms with E-state index in [-0.39, 0.29) is 11.9 Å². The Balaban J connectivity index is 3.22. The number of carbonyl (C=O) groups excluding carboxylic acids is 1. The molecule has 3 N–H and O–H groups in total. The Morgan fingerprint density at radius 1 is 1.29 bits per heavy atom. The molecule has 4 heteroatoms. The molecule has 0 fully saturated rings. The molecule has 0 heterocycles. The van der Waals surface area contributed by atoms with Crippen LogP contribution >= 0.6 is 0 Å². The lowest BCUT2D eigenvalue weighted by atomic mass is 9.87. The van der Waals surface area contributed by atoms with Gasteiger partial charge in [0.05, 0.1) is 0 Å². The lowest BCUT2D eigenvalue weighted by Crippen LogP contribution is -2.61. The van der Waals surface area contributed by atoms with Crippen molar-refractivity contribution < 1.29 is 4.79 Å². The number of hydrogen-bond donors (Lipinski definition) is 2. The molecule has 1 aromatic carbocycles. The Kier molecular flexibility index (Phi) is 6.37. The SMILES string of the molecule is CCC(C)N(C)CC(NC(C)C)(C(N)=O)c1ccccc1. The van der Waals surface area contributed by atoms with Gasteiger partial charge in [0.15, 0.2) is 0 Å². The van der Waals surface area contributed by atoms with E-state index < -0.39 is 5.54 Å². The number of rotatable bonds is 8. The second kappa shape index (κ2) is 7.57. The molecular weight excluding hydrogens is 262 g/mol. The van der Waals surface area contributed by atoms with Crippen LogP contribution in [0.1, 0.15) is 39.7 Å². The van der Waals surface area contributed by atoms with Crippen LogP contribution in [0.4, 0.5) is 0 Å². The summed E-state index contributed by atoms with van der Waals surface area (Å²) in [5, 5.41) is 3.40. The zero-order chi connectivity index (χ0) is 16.0. The first kappa shape index (κ1) is 17.7. The van der Waals surface area contributed by atoms with Crippen LogP contribution in [0.5, 0.6) is 0 Å². The van der Waals surface area contributed by atoms with Crippen LogP contribution in [0.3, 0.4) is 0 Å². The van der Waals surface area contributed by atoms with Crippen molar-refractivity contribution in [1.29, 1.82) is 0 Å². The number of nitrogens with one attached hydrogen (secondary N) is 1. The average Bonchev–Trinajstić information content (AvgIpc) is 2.45. The van der Waals surface area contributed by atoms with E-state index in [1.807, 2.05) is 51.2 Å². The van der Waals surface area contributed by atoms with Crippen LogP contribution in [0, 0.1) is 0 Å². The summed E-state index contributed by atoms with van der Waals surface area (Å²) in [5.74, 6) is -0.336. The summed E-state index contributed by atoms with van der Waals surface area (Å²) >= 11 is 0. The first-order valence-corrected chi connectivity index (χ1v) is 7.66. The van der Waals surface area contributed by atoms with Crippen molar-refractivity contribution in [1.82, 2.24) is 10.2 Å². The first-order valence-electron chi connectivity index (χ1n) is 7.66. The number of likely N-dealkylation sites (N-methyl/N-ethyl adjacent to an activating group) is 1. The van der Waals surface area contributed by atoms with Gasteiger partial charge in [0.25, 0.3) is 0 Å². The van der Waals surface area contributed by atoms with Gasteiger partial charge in [0.1, 0.15) is 5.54 Å². The van der Waals surface area contributed by atoms with Crippen molar-refractivity contribution in [2.24, 2.45) is 5.73 Å². The molecule has 0 aliphatic carbocycles. The van der Waals surface area contributed by atoms with E-state index in [4.69, 9.17) is 5.73 Å². The summed E-state index contributed by atoms with van der Waals surface area (Å²) in [6.07, 6.45) is 1.03. The van der Waals surface area contributed by atoms with E-state index in [0.717, 1.165) is 12.0 Å². The second-order valence-electron chi connectivity index (χ2n) is 6.11. The number of amides is 1. The number of hydrogen-bond acceptors (Lipinski definition) is 3. The normalized spacial score (nSPS) is 16.0. The third-order valence-electron chi connectivity index (χ3n) is 4.05. The average molecular weight is 291 g/mol. The zero-order valence-corrected chi connectivity index (χ0v) is 13.9. The fourth-order valence-corrected chi connectivity index (χ4v) is 2.57. The van der Waals surface area contributed by atoms with Gasteiger partial charge in [-0.05, 0) is 39.8 Å². The van der Waals surface area contributed by atoms with Gasteiger partial charge in [-0.15, -0.1) is 0 Å².